The van der Waals surface area contributed by atoms with E-state index >= 15 is 0 Å². The highest BCUT2D eigenvalue weighted by atomic mass is 19.1. The number of methoxy groups -OCH3 is 1. The highest BCUT2D eigenvalue weighted by Crippen LogP contribution is 2.18. The molecule has 0 saturated heterocycles. The van der Waals surface area contributed by atoms with Crippen LogP contribution in [0.4, 0.5) is 8.78 Å². The molecule has 1 aromatic heterocycles. The largest absolute Gasteiger partial charge is 0.494 e. The maximum atomic E-state index is 13.6. The SMILES string of the molecule is COc1ccc(Cn2nnc(-c3cccc(F)c3)n2)cc1F. The summed E-state index contributed by atoms with van der Waals surface area (Å²) in [7, 11) is 1.41. The minimum atomic E-state index is -0.453. The van der Waals surface area contributed by atoms with Crippen molar-refractivity contribution in [3.63, 3.8) is 0 Å². The number of benzene rings is 2. The molecule has 22 heavy (non-hydrogen) atoms. The first-order valence-corrected chi connectivity index (χ1v) is 6.52. The third kappa shape index (κ3) is 2.93. The van der Waals surface area contributed by atoms with E-state index in [2.05, 4.69) is 15.4 Å². The topological polar surface area (TPSA) is 52.8 Å². The van der Waals surface area contributed by atoms with Crippen LogP contribution >= 0.6 is 0 Å². The number of rotatable bonds is 4. The molecule has 0 N–H and O–H groups in total. The van der Waals surface area contributed by atoms with Gasteiger partial charge in [-0.3, -0.25) is 0 Å². The van der Waals surface area contributed by atoms with Gasteiger partial charge in [-0.15, -0.1) is 10.2 Å². The molecule has 0 saturated carbocycles. The van der Waals surface area contributed by atoms with E-state index in [1.807, 2.05) is 0 Å². The first-order chi connectivity index (χ1) is 10.7. The van der Waals surface area contributed by atoms with Crippen LogP contribution < -0.4 is 4.74 Å². The van der Waals surface area contributed by atoms with E-state index in [0.29, 0.717) is 17.0 Å². The van der Waals surface area contributed by atoms with Crippen molar-refractivity contribution in [2.45, 2.75) is 6.54 Å². The highest BCUT2D eigenvalue weighted by molar-refractivity contribution is 5.53. The number of hydrogen-bond acceptors (Lipinski definition) is 4. The summed E-state index contributed by atoms with van der Waals surface area (Å²) >= 11 is 0. The van der Waals surface area contributed by atoms with Gasteiger partial charge in [0, 0.05) is 5.56 Å². The molecule has 112 valence electrons. The van der Waals surface area contributed by atoms with Gasteiger partial charge in [0.2, 0.25) is 5.82 Å². The smallest absolute Gasteiger partial charge is 0.205 e. The summed E-state index contributed by atoms with van der Waals surface area (Å²) in [6, 6.07) is 10.5. The number of aromatic nitrogens is 4. The molecule has 0 aliphatic carbocycles. The predicted octanol–water partition coefficient (Wildman–Crippen LogP) is 2.68. The van der Waals surface area contributed by atoms with Crippen LogP contribution in [0.15, 0.2) is 42.5 Å². The number of hydrogen-bond donors (Lipinski definition) is 0. The van der Waals surface area contributed by atoms with Gasteiger partial charge in [0.1, 0.15) is 5.82 Å². The third-order valence-electron chi connectivity index (χ3n) is 3.08. The zero-order chi connectivity index (χ0) is 15.5. The van der Waals surface area contributed by atoms with E-state index in [1.165, 1.54) is 36.2 Å². The lowest BCUT2D eigenvalue weighted by Crippen LogP contribution is -2.04. The molecule has 0 spiro atoms. The van der Waals surface area contributed by atoms with Crippen LogP contribution in [0.5, 0.6) is 5.75 Å². The summed E-state index contributed by atoms with van der Waals surface area (Å²) in [4.78, 5) is 1.32. The molecular weight excluding hydrogens is 290 g/mol. The number of nitrogens with zero attached hydrogens (tertiary/aromatic N) is 4. The second-order valence-corrected chi connectivity index (χ2v) is 4.62. The molecule has 2 aromatic carbocycles. The Morgan fingerprint density at radius 2 is 2.00 bits per heavy atom. The first-order valence-electron chi connectivity index (χ1n) is 6.52. The molecule has 1 heterocycles. The van der Waals surface area contributed by atoms with Gasteiger partial charge in [0.25, 0.3) is 0 Å². The molecule has 5 nitrogen and oxygen atoms in total. The summed E-state index contributed by atoms with van der Waals surface area (Å²) in [6.45, 7) is 0.253. The van der Waals surface area contributed by atoms with Crippen molar-refractivity contribution in [1.82, 2.24) is 20.2 Å². The first kappa shape index (κ1) is 14.1. The fourth-order valence-electron chi connectivity index (χ4n) is 2.02. The lowest BCUT2D eigenvalue weighted by Gasteiger charge is -2.04. The molecule has 0 amide bonds. The Morgan fingerprint density at radius 3 is 2.73 bits per heavy atom. The highest BCUT2D eigenvalue weighted by Gasteiger charge is 2.09. The van der Waals surface area contributed by atoms with E-state index in [1.54, 1.807) is 18.2 Å². The fraction of sp³-hybridized carbons (Fsp3) is 0.133. The molecule has 0 unspecified atom stereocenters. The van der Waals surface area contributed by atoms with Crippen LogP contribution in [-0.4, -0.2) is 27.3 Å². The van der Waals surface area contributed by atoms with Crippen LogP contribution in [0, 0.1) is 11.6 Å². The molecule has 0 fully saturated rings. The molecule has 0 aliphatic heterocycles. The van der Waals surface area contributed by atoms with Crippen molar-refractivity contribution in [2.24, 2.45) is 0 Å². The Balaban J connectivity index is 1.81. The van der Waals surface area contributed by atoms with E-state index in [0.717, 1.165) is 0 Å². The van der Waals surface area contributed by atoms with Crippen LogP contribution in [0.2, 0.25) is 0 Å². The van der Waals surface area contributed by atoms with Gasteiger partial charge in [-0.25, -0.2) is 8.78 Å². The van der Waals surface area contributed by atoms with E-state index in [9.17, 15) is 8.78 Å². The second-order valence-electron chi connectivity index (χ2n) is 4.62. The Bertz CT molecular complexity index is 804. The van der Waals surface area contributed by atoms with Gasteiger partial charge in [0.05, 0.1) is 13.7 Å². The van der Waals surface area contributed by atoms with Crippen molar-refractivity contribution in [1.29, 1.82) is 0 Å². The summed E-state index contributed by atoms with van der Waals surface area (Å²) in [6.07, 6.45) is 0. The summed E-state index contributed by atoms with van der Waals surface area (Å²) in [5.74, 6) is -0.333. The van der Waals surface area contributed by atoms with Gasteiger partial charge in [-0.1, -0.05) is 18.2 Å². The number of ether oxygens (including phenoxy) is 1. The average Bonchev–Trinajstić information content (AvgIpc) is 2.96. The Kier molecular flexibility index (Phi) is 3.78. The molecule has 3 aromatic rings. The quantitative estimate of drug-likeness (QED) is 0.743. The molecule has 0 bridgehead atoms. The minimum Gasteiger partial charge on any atom is -0.494 e. The summed E-state index contributed by atoms with van der Waals surface area (Å²) in [5, 5.41) is 11.9. The third-order valence-corrected chi connectivity index (χ3v) is 3.08. The Hall–Kier alpha value is -2.83. The van der Waals surface area contributed by atoms with Crippen molar-refractivity contribution in [3.8, 4) is 17.1 Å². The molecular formula is C15H12F2N4O. The summed E-state index contributed by atoms with van der Waals surface area (Å²) < 4.78 is 31.7. The normalized spacial score (nSPS) is 10.7. The Labute approximate surface area is 125 Å². The van der Waals surface area contributed by atoms with Gasteiger partial charge in [-0.2, -0.15) is 4.80 Å². The zero-order valence-corrected chi connectivity index (χ0v) is 11.7. The maximum absolute atomic E-state index is 13.6. The Morgan fingerprint density at radius 1 is 1.14 bits per heavy atom. The summed E-state index contributed by atoms with van der Waals surface area (Å²) in [5.41, 5.74) is 1.20. The minimum absolute atomic E-state index is 0.177. The monoisotopic (exact) mass is 302 g/mol. The van der Waals surface area contributed by atoms with E-state index in [4.69, 9.17) is 4.74 Å². The fourth-order valence-corrected chi connectivity index (χ4v) is 2.02. The standard InChI is InChI=1S/C15H12F2N4O/c1-22-14-6-5-10(7-13(14)17)9-21-19-15(18-20-21)11-3-2-4-12(16)8-11/h2-8H,9H2,1H3. The average molecular weight is 302 g/mol. The van der Waals surface area contributed by atoms with Crippen molar-refractivity contribution >= 4 is 0 Å². The maximum Gasteiger partial charge on any atom is 0.205 e. The number of halogens is 2. The molecule has 0 atom stereocenters. The van der Waals surface area contributed by atoms with Crippen LogP contribution in [0.3, 0.4) is 0 Å². The molecule has 0 aliphatic rings. The van der Waals surface area contributed by atoms with Crippen molar-refractivity contribution < 1.29 is 13.5 Å². The number of tetrazole rings is 1. The van der Waals surface area contributed by atoms with Gasteiger partial charge >= 0.3 is 0 Å². The lowest BCUT2D eigenvalue weighted by molar-refractivity contribution is 0.386. The van der Waals surface area contributed by atoms with Gasteiger partial charge in [0.15, 0.2) is 11.6 Å². The van der Waals surface area contributed by atoms with E-state index < -0.39 is 5.82 Å². The van der Waals surface area contributed by atoms with Crippen molar-refractivity contribution in [3.05, 3.63) is 59.7 Å². The second kappa shape index (κ2) is 5.88. The zero-order valence-electron chi connectivity index (χ0n) is 11.7. The lowest BCUT2D eigenvalue weighted by atomic mass is 10.2. The molecule has 3 rings (SSSR count). The van der Waals surface area contributed by atoms with Crippen LogP contribution in [0.1, 0.15) is 5.56 Å². The van der Waals surface area contributed by atoms with Gasteiger partial charge < -0.3 is 4.74 Å². The molecule has 0 radical (unpaired) electrons. The van der Waals surface area contributed by atoms with Crippen LogP contribution in [-0.2, 0) is 6.54 Å². The van der Waals surface area contributed by atoms with Gasteiger partial charge in [-0.05, 0) is 35.0 Å². The molecule has 7 heteroatoms. The van der Waals surface area contributed by atoms with Crippen molar-refractivity contribution in [2.75, 3.05) is 7.11 Å². The van der Waals surface area contributed by atoms with E-state index in [-0.39, 0.29) is 18.1 Å². The van der Waals surface area contributed by atoms with Crippen LogP contribution in [0.25, 0.3) is 11.4 Å². The predicted molar refractivity (Wildman–Crippen MR) is 75.3 cm³/mol.